The topological polar surface area (TPSA) is 30.2 Å². The van der Waals surface area contributed by atoms with E-state index in [-0.39, 0.29) is 5.78 Å². The number of furan rings is 1. The maximum absolute atomic E-state index is 12.1. The van der Waals surface area contributed by atoms with Crippen molar-refractivity contribution in [2.45, 2.75) is 33.1 Å². The molecule has 0 spiro atoms. The van der Waals surface area contributed by atoms with E-state index < -0.39 is 0 Å². The number of hydrogen-bond donors (Lipinski definition) is 0. The molecule has 0 fully saturated rings. The summed E-state index contributed by atoms with van der Waals surface area (Å²) in [4.78, 5) is 12.1. The molecule has 2 aromatic rings. The summed E-state index contributed by atoms with van der Waals surface area (Å²) in [6.45, 7) is 4.02. The Morgan fingerprint density at radius 2 is 1.89 bits per heavy atom. The molecule has 0 aliphatic carbocycles. The van der Waals surface area contributed by atoms with Gasteiger partial charge in [-0.1, -0.05) is 37.6 Å². The van der Waals surface area contributed by atoms with Crippen molar-refractivity contribution in [1.29, 1.82) is 0 Å². The van der Waals surface area contributed by atoms with Crippen LogP contribution in [0.3, 0.4) is 0 Å². The van der Waals surface area contributed by atoms with Gasteiger partial charge < -0.3 is 4.42 Å². The summed E-state index contributed by atoms with van der Waals surface area (Å²) in [5.74, 6) is 0.784. The quantitative estimate of drug-likeness (QED) is 0.737. The lowest BCUT2D eigenvalue weighted by molar-refractivity contribution is 0.103. The Bertz CT molecular complexity index is 520. The molecule has 0 N–H and O–H groups in total. The number of unbranched alkanes of at least 4 members (excludes halogenated alkanes) is 1. The molecule has 2 nitrogen and oxygen atoms in total. The fraction of sp³-hybridized carbons (Fsp3) is 0.312. The number of ketones is 1. The Labute approximate surface area is 108 Å². The fourth-order valence-corrected chi connectivity index (χ4v) is 1.93. The Morgan fingerprint density at radius 3 is 2.44 bits per heavy atom. The predicted octanol–water partition coefficient (Wildman–Crippen LogP) is 4.16. The third-order valence-electron chi connectivity index (χ3n) is 3.03. The average molecular weight is 242 g/mol. The normalized spacial score (nSPS) is 10.6. The van der Waals surface area contributed by atoms with Crippen LogP contribution in [0.5, 0.6) is 0 Å². The second-order valence-electron chi connectivity index (χ2n) is 4.58. The molecule has 0 saturated heterocycles. The Hall–Kier alpha value is -1.83. The van der Waals surface area contributed by atoms with Gasteiger partial charge in [0.25, 0.3) is 0 Å². The lowest BCUT2D eigenvalue weighted by Crippen LogP contribution is -1.99. The molecule has 1 heterocycles. The van der Waals surface area contributed by atoms with Crippen LogP contribution in [-0.4, -0.2) is 5.78 Å². The molecule has 1 aromatic carbocycles. The number of hydrogen-bond acceptors (Lipinski definition) is 2. The molecule has 0 amide bonds. The summed E-state index contributed by atoms with van der Waals surface area (Å²) in [6.07, 6.45) is 4.97. The van der Waals surface area contributed by atoms with Crippen LogP contribution in [0, 0.1) is 6.92 Å². The number of rotatable bonds is 5. The van der Waals surface area contributed by atoms with E-state index in [2.05, 4.69) is 6.92 Å². The first-order valence-corrected chi connectivity index (χ1v) is 6.39. The highest BCUT2D eigenvalue weighted by Crippen LogP contribution is 2.14. The van der Waals surface area contributed by atoms with Crippen molar-refractivity contribution < 1.29 is 9.21 Å². The highest BCUT2D eigenvalue weighted by atomic mass is 16.3. The maximum atomic E-state index is 12.1. The summed E-state index contributed by atoms with van der Waals surface area (Å²) < 4.78 is 5.16. The van der Waals surface area contributed by atoms with E-state index >= 15 is 0 Å². The monoisotopic (exact) mass is 242 g/mol. The van der Waals surface area contributed by atoms with Gasteiger partial charge in [0.2, 0.25) is 0 Å². The lowest BCUT2D eigenvalue weighted by Gasteiger charge is -2.02. The SMILES string of the molecule is CCCCc1ccc(C(=O)c2coc(C)c2)cc1. The average Bonchev–Trinajstić information content (AvgIpc) is 2.83. The van der Waals surface area contributed by atoms with Gasteiger partial charge in [0, 0.05) is 5.56 Å². The second-order valence-corrected chi connectivity index (χ2v) is 4.58. The molecule has 0 unspecified atom stereocenters. The van der Waals surface area contributed by atoms with E-state index in [4.69, 9.17) is 4.42 Å². The van der Waals surface area contributed by atoms with Crippen LogP contribution in [-0.2, 0) is 6.42 Å². The summed E-state index contributed by atoms with van der Waals surface area (Å²) in [5.41, 5.74) is 2.63. The molecule has 0 atom stereocenters. The molecular formula is C16H18O2. The first-order valence-electron chi connectivity index (χ1n) is 6.39. The third kappa shape index (κ3) is 2.89. The van der Waals surface area contributed by atoms with Crippen LogP contribution in [0.2, 0.25) is 0 Å². The molecule has 2 rings (SSSR count). The number of aryl methyl sites for hydroxylation is 2. The summed E-state index contributed by atoms with van der Waals surface area (Å²) in [5, 5.41) is 0. The van der Waals surface area contributed by atoms with Crippen molar-refractivity contribution in [1.82, 2.24) is 0 Å². The van der Waals surface area contributed by atoms with Gasteiger partial charge in [-0.25, -0.2) is 0 Å². The molecule has 0 saturated carbocycles. The minimum atomic E-state index is 0.0221. The van der Waals surface area contributed by atoms with E-state index in [9.17, 15) is 4.79 Å². The van der Waals surface area contributed by atoms with E-state index in [0.717, 1.165) is 17.7 Å². The van der Waals surface area contributed by atoms with Gasteiger partial charge in [-0.2, -0.15) is 0 Å². The van der Waals surface area contributed by atoms with Crippen LogP contribution < -0.4 is 0 Å². The summed E-state index contributed by atoms with van der Waals surface area (Å²) >= 11 is 0. The van der Waals surface area contributed by atoms with Crippen LogP contribution in [0.25, 0.3) is 0 Å². The predicted molar refractivity (Wildman–Crippen MR) is 71.9 cm³/mol. The van der Waals surface area contributed by atoms with Gasteiger partial charge in [-0.15, -0.1) is 0 Å². The molecule has 0 aliphatic heterocycles. The molecule has 18 heavy (non-hydrogen) atoms. The first-order chi connectivity index (χ1) is 8.70. The van der Waals surface area contributed by atoms with Crippen LogP contribution in [0.4, 0.5) is 0 Å². The number of carbonyl (C=O) groups is 1. The molecule has 0 radical (unpaired) electrons. The molecule has 0 bridgehead atoms. The van der Waals surface area contributed by atoms with Gasteiger partial charge in [0.1, 0.15) is 12.0 Å². The zero-order valence-corrected chi connectivity index (χ0v) is 10.9. The van der Waals surface area contributed by atoms with Crippen molar-refractivity contribution in [3.05, 3.63) is 59.0 Å². The number of carbonyl (C=O) groups excluding carboxylic acids is 1. The largest absolute Gasteiger partial charge is 0.469 e. The van der Waals surface area contributed by atoms with Crippen molar-refractivity contribution in [2.24, 2.45) is 0 Å². The lowest BCUT2D eigenvalue weighted by atomic mass is 10.0. The van der Waals surface area contributed by atoms with E-state index in [1.807, 2.05) is 31.2 Å². The van der Waals surface area contributed by atoms with Crippen LogP contribution >= 0.6 is 0 Å². The fourth-order valence-electron chi connectivity index (χ4n) is 1.93. The Kier molecular flexibility index (Phi) is 3.98. The highest BCUT2D eigenvalue weighted by Gasteiger charge is 2.11. The van der Waals surface area contributed by atoms with Gasteiger partial charge in [0.15, 0.2) is 5.78 Å². The van der Waals surface area contributed by atoms with Crippen molar-refractivity contribution in [3.63, 3.8) is 0 Å². The van der Waals surface area contributed by atoms with Gasteiger partial charge >= 0.3 is 0 Å². The molecular weight excluding hydrogens is 224 g/mol. The molecule has 94 valence electrons. The van der Waals surface area contributed by atoms with Gasteiger partial charge in [0.05, 0.1) is 5.56 Å². The van der Waals surface area contributed by atoms with Gasteiger partial charge in [-0.05, 0) is 31.4 Å². The number of benzene rings is 1. The van der Waals surface area contributed by atoms with Gasteiger partial charge in [-0.3, -0.25) is 4.79 Å². The second kappa shape index (κ2) is 5.67. The highest BCUT2D eigenvalue weighted by molar-refractivity contribution is 6.08. The smallest absolute Gasteiger partial charge is 0.196 e. The minimum Gasteiger partial charge on any atom is -0.469 e. The van der Waals surface area contributed by atoms with E-state index in [1.54, 1.807) is 6.07 Å². The van der Waals surface area contributed by atoms with E-state index in [1.165, 1.54) is 24.7 Å². The van der Waals surface area contributed by atoms with Crippen LogP contribution in [0.15, 0.2) is 41.0 Å². The van der Waals surface area contributed by atoms with Crippen LogP contribution in [0.1, 0.15) is 47.0 Å². The Morgan fingerprint density at radius 1 is 1.17 bits per heavy atom. The zero-order chi connectivity index (χ0) is 13.0. The minimum absolute atomic E-state index is 0.0221. The van der Waals surface area contributed by atoms with E-state index in [0.29, 0.717) is 5.56 Å². The van der Waals surface area contributed by atoms with Crippen molar-refractivity contribution in [3.8, 4) is 0 Å². The summed E-state index contributed by atoms with van der Waals surface area (Å²) in [7, 11) is 0. The standard InChI is InChI=1S/C16H18O2/c1-3-4-5-13-6-8-14(9-7-13)16(17)15-10-12(2)18-11-15/h6-11H,3-5H2,1-2H3. The molecule has 0 aliphatic rings. The maximum Gasteiger partial charge on any atom is 0.196 e. The summed E-state index contributed by atoms with van der Waals surface area (Å²) in [6, 6.07) is 9.64. The zero-order valence-electron chi connectivity index (χ0n) is 10.9. The third-order valence-corrected chi connectivity index (χ3v) is 3.03. The van der Waals surface area contributed by atoms with Crippen molar-refractivity contribution >= 4 is 5.78 Å². The molecule has 2 heteroatoms. The first kappa shape index (κ1) is 12.6. The molecule has 1 aromatic heterocycles. The van der Waals surface area contributed by atoms with Crippen molar-refractivity contribution in [2.75, 3.05) is 0 Å². The Balaban J connectivity index is 2.12.